The van der Waals surface area contributed by atoms with E-state index >= 15 is 0 Å². The number of rotatable bonds is 6. The quantitative estimate of drug-likeness (QED) is 0.505. The number of nitro groups is 1. The van der Waals surface area contributed by atoms with Gasteiger partial charge in [0.15, 0.2) is 6.61 Å². The molecule has 0 spiro atoms. The normalized spacial score (nSPS) is 12.4. The van der Waals surface area contributed by atoms with Gasteiger partial charge in [0.2, 0.25) is 0 Å². The van der Waals surface area contributed by atoms with Crippen LogP contribution < -0.4 is 10.1 Å². The summed E-state index contributed by atoms with van der Waals surface area (Å²) in [7, 11) is 0. The number of nitrogens with zero attached hydrogens (tertiary/aromatic N) is 3. The summed E-state index contributed by atoms with van der Waals surface area (Å²) >= 11 is 1.72. The molecule has 3 aromatic rings. The van der Waals surface area contributed by atoms with Gasteiger partial charge in [-0.3, -0.25) is 14.9 Å². The number of benzene rings is 2. The molecule has 0 aliphatic carbocycles. The number of hydrogen-bond acceptors (Lipinski definition) is 6. The number of fused-ring (bicyclic) bond motifs is 1. The largest absolute Gasteiger partial charge is 0.484 e. The Morgan fingerprint density at radius 2 is 1.93 bits per heavy atom. The van der Waals surface area contributed by atoms with E-state index in [1.807, 2.05) is 18.2 Å². The zero-order valence-corrected chi connectivity index (χ0v) is 15.5. The Kier molecular flexibility index (Phi) is 4.98. The molecule has 2 heterocycles. The maximum absolute atomic E-state index is 12.4. The molecule has 0 saturated carbocycles. The number of non-ortho nitro benzene ring substituents is 1. The van der Waals surface area contributed by atoms with Gasteiger partial charge < -0.3 is 10.1 Å². The maximum Gasteiger partial charge on any atom is 0.269 e. The third kappa shape index (κ3) is 3.70. The van der Waals surface area contributed by atoms with Crippen LogP contribution in [0.4, 0.5) is 11.5 Å². The lowest BCUT2D eigenvalue weighted by molar-refractivity contribution is -0.384. The van der Waals surface area contributed by atoms with Crippen LogP contribution in [-0.4, -0.2) is 27.2 Å². The molecular formula is C19H16N4O4S. The maximum atomic E-state index is 12.4. The monoisotopic (exact) mass is 396 g/mol. The highest BCUT2D eigenvalue weighted by atomic mass is 32.2. The number of hydrogen-bond donors (Lipinski definition) is 1. The Bertz CT molecular complexity index is 1020. The summed E-state index contributed by atoms with van der Waals surface area (Å²) in [4.78, 5) is 22.9. The smallest absolute Gasteiger partial charge is 0.269 e. The number of aromatic nitrogens is 2. The molecule has 1 aliphatic rings. The number of anilines is 1. The van der Waals surface area contributed by atoms with Gasteiger partial charge in [0, 0.05) is 29.2 Å². The van der Waals surface area contributed by atoms with Crippen LogP contribution in [0.1, 0.15) is 11.3 Å². The molecule has 4 rings (SSSR count). The lowest BCUT2D eigenvalue weighted by atomic mass is 10.2. The molecule has 1 aromatic heterocycles. The number of carbonyl (C=O) groups is 1. The predicted molar refractivity (Wildman–Crippen MR) is 106 cm³/mol. The van der Waals surface area contributed by atoms with Crippen molar-refractivity contribution in [1.29, 1.82) is 0 Å². The van der Waals surface area contributed by atoms with E-state index in [1.54, 1.807) is 40.7 Å². The molecule has 0 unspecified atom stereocenters. The first kappa shape index (κ1) is 18.1. The van der Waals surface area contributed by atoms with Crippen LogP contribution in [0.2, 0.25) is 0 Å². The second-order valence-electron chi connectivity index (χ2n) is 6.10. The zero-order valence-electron chi connectivity index (χ0n) is 14.7. The van der Waals surface area contributed by atoms with E-state index in [4.69, 9.17) is 4.74 Å². The predicted octanol–water partition coefficient (Wildman–Crippen LogP) is 3.54. The molecule has 0 atom stereocenters. The lowest BCUT2D eigenvalue weighted by Crippen LogP contribution is -2.22. The lowest BCUT2D eigenvalue weighted by Gasteiger charge is -2.11. The zero-order chi connectivity index (χ0) is 19.5. The summed E-state index contributed by atoms with van der Waals surface area (Å²) in [5.41, 5.74) is 2.52. The molecule has 8 nitrogen and oxygen atoms in total. The summed E-state index contributed by atoms with van der Waals surface area (Å²) < 4.78 is 7.12. The van der Waals surface area contributed by atoms with Crippen molar-refractivity contribution >= 4 is 29.2 Å². The van der Waals surface area contributed by atoms with E-state index in [2.05, 4.69) is 10.4 Å². The fourth-order valence-electron chi connectivity index (χ4n) is 2.88. The number of ether oxygens (including phenoxy) is 1. The molecule has 1 aliphatic heterocycles. The van der Waals surface area contributed by atoms with Crippen LogP contribution in [-0.2, 0) is 16.3 Å². The third-order valence-corrected chi connectivity index (χ3v) is 5.20. The summed E-state index contributed by atoms with van der Waals surface area (Å²) in [6, 6.07) is 15.2. The summed E-state index contributed by atoms with van der Waals surface area (Å²) in [5, 5.41) is 18.3. The SMILES string of the molecule is O=C(COc1ccccc1)Nc1c2c(nn1-c1ccc([N+](=O)[O-])cc1)CSC2. The van der Waals surface area contributed by atoms with Gasteiger partial charge in [0.1, 0.15) is 11.6 Å². The Labute approximate surface area is 164 Å². The van der Waals surface area contributed by atoms with Crippen molar-refractivity contribution in [2.75, 3.05) is 11.9 Å². The molecular weight excluding hydrogens is 380 g/mol. The van der Waals surface area contributed by atoms with E-state index in [0.717, 1.165) is 22.8 Å². The Balaban J connectivity index is 1.56. The fraction of sp³-hybridized carbons (Fsp3) is 0.158. The minimum absolute atomic E-state index is 0.000787. The number of nitro benzene ring substituents is 1. The van der Waals surface area contributed by atoms with Crippen LogP contribution in [0.5, 0.6) is 5.75 Å². The topological polar surface area (TPSA) is 99.3 Å². The summed E-state index contributed by atoms with van der Waals surface area (Å²) in [6.45, 7) is -0.128. The summed E-state index contributed by atoms with van der Waals surface area (Å²) in [5.74, 6) is 2.40. The van der Waals surface area contributed by atoms with E-state index in [0.29, 0.717) is 17.3 Å². The average molecular weight is 396 g/mol. The average Bonchev–Trinajstić information content (AvgIpc) is 3.30. The summed E-state index contributed by atoms with van der Waals surface area (Å²) in [6.07, 6.45) is 0. The standard InChI is InChI=1S/C19H16N4O4S/c24-18(10-27-15-4-2-1-3-5-15)20-19-16-11-28-12-17(16)21-22(19)13-6-8-14(9-7-13)23(25)26/h1-9H,10-12H2,(H,20,24). The van der Waals surface area contributed by atoms with Crippen molar-refractivity contribution in [2.24, 2.45) is 0 Å². The van der Waals surface area contributed by atoms with Crippen molar-refractivity contribution in [1.82, 2.24) is 9.78 Å². The highest BCUT2D eigenvalue weighted by Gasteiger charge is 2.25. The van der Waals surface area contributed by atoms with Crippen LogP contribution in [0, 0.1) is 10.1 Å². The van der Waals surface area contributed by atoms with E-state index in [1.165, 1.54) is 12.1 Å². The fourth-order valence-corrected chi connectivity index (χ4v) is 3.91. The van der Waals surface area contributed by atoms with Gasteiger partial charge in [-0.15, -0.1) is 0 Å². The minimum atomic E-state index is -0.451. The highest BCUT2D eigenvalue weighted by Crippen LogP contribution is 2.36. The number of amides is 1. The molecule has 9 heteroatoms. The van der Waals surface area contributed by atoms with Crippen LogP contribution >= 0.6 is 11.8 Å². The van der Waals surface area contributed by atoms with E-state index < -0.39 is 4.92 Å². The van der Waals surface area contributed by atoms with Crippen LogP contribution in [0.15, 0.2) is 54.6 Å². The Morgan fingerprint density at radius 1 is 1.18 bits per heavy atom. The Hall–Kier alpha value is -3.33. The van der Waals surface area contributed by atoms with E-state index in [9.17, 15) is 14.9 Å². The third-order valence-electron chi connectivity index (χ3n) is 4.23. The number of thioether (sulfide) groups is 1. The van der Waals surface area contributed by atoms with Gasteiger partial charge in [-0.05, 0) is 24.3 Å². The molecule has 0 fully saturated rings. The van der Waals surface area contributed by atoms with Gasteiger partial charge in [0.25, 0.3) is 11.6 Å². The van der Waals surface area contributed by atoms with Crippen molar-refractivity contribution < 1.29 is 14.5 Å². The molecule has 0 saturated heterocycles. The number of para-hydroxylation sites is 1. The van der Waals surface area contributed by atoms with Crippen LogP contribution in [0.25, 0.3) is 5.69 Å². The molecule has 2 aromatic carbocycles. The second kappa shape index (κ2) is 7.73. The first-order valence-corrected chi connectivity index (χ1v) is 9.68. The molecule has 1 amide bonds. The van der Waals surface area contributed by atoms with Gasteiger partial charge >= 0.3 is 0 Å². The van der Waals surface area contributed by atoms with E-state index in [-0.39, 0.29) is 18.2 Å². The minimum Gasteiger partial charge on any atom is -0.484 e. The molecule has 0 bridgehead atoms. The number of carbonyl (C=O) groups excluding carboxylic acids is 1. The first-order chi connectivity index (χ1) is 13.6. The van der Waals surface area contributed by atoms with Gasteiger partial charge in [-0.25, -0.2) is 4.68 Å². The van der Waals surface area contributed by atoms with Crippen molar-refractivity contribution in [3.63, 3.8) is 0 Å². The number of nitrogens with one attached hydrogen (secondary N) is 1. The van der Waals surface area contributed by atoms with Crippen molar-refractivity contribution in [3.8, 4) is 11.4 Å². The van der Waals surface area contributed by atoms with Crippen molar-refractivity contribution in [2.45, 2.75) is 11.5 Å². The second-order valence-corrected chi connectivity index (χ2v) is 7.09. The van der Waals surface area contributed by atoms with Gasteiger partial charge in [0.05, 0.1) is 16.3 Å². The van der Waals surface area contributed by atoms with Gasteiger partial charge in [-0.2, -0.15) is 16.9 Å². The molecule has 0 radical (unpaired) electrons. The Morgan fingerprint density at radius 3 is 2.64 bits per heavy atom. The molecule has 28 heavy (non-hydrogen) atoms. The van der Waals surface area contributed by atoms with Crippen LogP contribution in [0.3, 0.4) is 0 Å². The first-order valence-electron chi connectivity index (χ1n) is 8.53. The molecule has 142 valence electrons. The van der Waals surface area contributed by atoms with Gasteiger partial charge in [-0.1, -0.05) is 18.2 Å². The van der Waals surface area contributed by atoms with Crippen molar-refractivity contribution in [3.05, 3.63) is 76.0 Å². The molecule has 1 N–H and O–H groups in total. The highest BCUT2D eigenvalue weighted by molar-refractivity contribution is 7.98.